The van der Waals surface area contributed by atoms with Crippen molar-refractivity contribution >= 4 is 11.9 Å². The Morgan fingerprint density at radius 3 is 2.81 bits per heavy atom. The van der Waals surface area contributed by atoms with E-state index in [4.69, 9.17) is 10.5 Å². The van der Waals surface area contributed by atoms with Crippen molar-refractivity contribution in [1.82, 2.24) is 24.7 Å². The van der Waals surface area contributed by atoms with Crippen molar-refractivity contribution < 1.29 is 4.74 Å². The highest BCUT2D eigenvalue weighted by molar-refractivity contribution is 5.37. The van der Waals surface area contributed by atoms with Crippen molar-refractivity contribution in [3.63, 3.8) is 0 Å². The van der Waals surface area contributed by atoms with Gasteiger partial charge in [-0.05, 0) is 12.5 Å². The average molecular weight is 289 g/mol. The van der Waals surface area contributed by atoms with Crippen molar-refractivity contribution in [2.45, 2.75) is 32.4 Å². The van der Waals surface area contributed by atoms with Gasteiger partial charge in [-0.2, -0.15) is 20.1 Å². The van der Waals surface area contributed by atoms with E-state index >= 15 is 0 Å². The van der Waals surface area contributed by atoms with E-state index in [9.17, 15) is 0 Å². The van der Waals surface area contributed by atoms with Gasteiger partial charge in [0.2, 0.25) is 11.9 Å². The Labute approximate surface area is 122 Å². The fraction of sp³-hybridized carbons (Fsp3) is 0.538. The molecule has 21 heavy (non-hydrogen) atoms. The highest BCUT2D eigenvalue weighted by Crippen LogP contribution is 2.43. The molecule has 2 atom stereocenters. The van der Waals surface area contributed by atoms with Crippen LogP contribution in [-0.2, 0) is 4.74 Å². The Morgan fingerprint density at radius 1 is 1.38 bits per heavy atom. The Morgan fingerprint density at radius 2 is 2.19 bits per heavy atom. The lowest BCUT2D eigenvalue weighted by Gasteiger charge is -2.51. The molecule has 1 saturated carbocycles. The zero-order valence-corrected chi connectivity index (χ0v) is 12.3. The summed E-state index contributed by atoms with van der Waals surface area (Å²) in [6.07, 6.45) is 4.56. The van der Waals surface area contributed by atoms with Crippen LogP contribution in [-0.4, -0.2) is 44.0 Å². The van der Waals surface area contributed by atoms with Crippen LogP contribution in [0.25, 0.3) is 5.95 Å². The lowest BCUT2D eigenvalue weighted by molar-refractivity contribution is -0.0796. The normalized spacial score (nSPS) is 23.6. The Balaban J connectivity index is 1.81. The molecular formula is C13H19N7O. The first kappa shape index (κ1) is 13.7. The monoisotopic (exact) mass is 289 g/mol. The van der Waals surface area contributed by atoms with Crippen LogP contribution in [0.5, 0.6) is 0 Å². The molecule has 0 saturated heterocycles. The van der Waals surface area contributed by atoms with E-state index in [-0.39, 0.29) is 23.5 Å². The van der Waals surface area contributed by atoms with Gasteiger partial charge in [0, 0.05) is 31.0 Å². The maximum Gasteiger partial charge on any atom is 0.257 e. The molecule has 1 aliphatic rings. The SMILES string of the molecule is COC1CC(Nc2nc(N)nc(-n3cccn3)n2)C1(C)C. The third-order valence-corrected chi connectivity index (χ3v) is 4.12. The molecule has 8 heteroatoms. The topological polar surface area (TPSA) is 104 Å². The molecule has 0 bridgehead atoms. The molecule has 3 rings (SSSR count). The summed E-state index contributed by atoms with van der Waals surface area (Å²) < 4.78 is 6.99. The summed E-state index contributed by atoms with van der Waals surface area (Å²) in [5.74, 6) is 1.02. The van der Waals surface area contributed by atoms with E-state index in [1.807, 2.05) is 0 Å². The molecule has 0 aliphatic heterocycles. The second-order valence-corrected chi connectivity index (χ2v) is 5.75. The molecule has 2 unspecified atom stereocenters. The first-order valence-corrected chi connectivity index (χ1v) is 6.81. The fourth-order valence-electron chi connectivity index (χ4n) is 2.62. The van der Waals surface area contributed by atoms with Crippen LogP contribution in [0.4, 0.5) is 11.9 Å². The van der Waals surface area contributed by atoms with E-state index < -0.39 is 0 Å². The van der Waals surface area contributed by atoms with E-state index in [1.54, 1.807) is 30.3 Å². The summed E-state index contributed by atoms with van der Waals surface area (Å²) in [5.41, 5.74) is 5.77. The van der Waals surface area contributed by atoms with Crippen LogP contribution in [0.1, 0.15) is 20.3 Å². The number of nitrogens with two attached hydrogens (primary N) is 1. The molecule has 8 nitrogen and oxygen atoms in total. The van der Waals surface area contributed by atoms with Crippen LogP contribution in [0, 0.1) is 5.41 Å². The standard InChI is InChI=1S/C13H19N7O/c1-13(2)8(7-9(13)21-3)16-11-17-10(14)18-12(19-11)20-6-4-5-15-20/h4-6,8-9H,7H2,1-3H3,(H3,14,16,17,18,19). The van der Waals surface area contributed by atoms with Crippen LogP contribution >= 0.6 is 0 Å². The number of hydrogen-bond acceptors (Lipinski definition) is 7. The van der Waals surface area contributed by atoms with Gasteiger partial charge in [-0.1, -0.05) is 13.8 Å². The molecule has 2 heterocycles. The molecule has 1 fully saturated rings. The minimum Gasteiger partial charge on any atom is -0.381 e. The third-order valence-electron chi connectivity index (χ3n) is 4.12. The third kappa shape index (κ3) is 2.42. The van der Waals surface area contributed by atoms with Crippen molar-refractivity contribution in [1.29, 1.82) is 0 Å². The number of nitrogen functional groups attached to an aromatic ring is 1. The largest absolute Gasteiger partial charge is 0.381 e. The van der Waals surface area contributed by atoms with Crippen molar-refractivity contribution in [2.24, 2.45) is 5.41 Å². The quantitative estimate of drug-likeness (QED) is 0.860. The van der Waals surface area contributed by atoms with Gasteiger partial charge in [0.05, 0.1) is 6.10 Å². The van der Waals surface area contributed by atoms with Crippen LogP contribution < -0.4 is 11.1 Å². The summed E-state index contributed by atoms with van der Waals surface area (Å²) in [7, 11) is 1.74. The summed E-state index contributed by atoms with van der Waals surface area (Å²) in [6.45, 7) is 4.31. The second-order valence-electron chi connectivity index (χ2n) is 5.75. The lowest BCUT2D eigenvalue weighted by Crippen LogP contribution is -2.57. The predicted molar refractivity (Wildman–Crippen MR) is 78.0 cm³/mol. The predicted octanol–water partition coefficient (Wildman–Crippen LogP) is 0.865. The molecule has 1 aliphatic carbocycles. The highest BCUT2D eigenvalue weighted by Gasteiger charge is 2.48. The summed E-state index contributed by atoms with van der Waals surface area (Å²) in [5, 5.41) is 7.41. The van der Waals surface area contributed by atoms with Gasteiger partial charge in [0.15, 0.2) is 0 Å². The molecule has 0 amide bonds. The van der Waals surface area contributed by atoms with E-state index in [2.05, 4.69) is 39.2 Å². The van der Waals surface area contributed by atoms with E-state index in [0.717, 1.165) is 6.42 Å². The van der Waals surface area contributed by atoms with Crippen molar-refractivity contribution in [3.8, 4) is 5.95 Å². The number of methoxy groups -OCH3 is 1. The van der Waals surface area contributed by atoms with Crippen LogP contribution in [0.3, 0.4) is 0 Å². The fourth-order valence-corrected chi connectivity index (χ4v) is 2.62. The number of ether oxygens (including phenoxy) is 1. The summed E-state index contributed by atoms with van der Waals surface area (Å²) in [4.78, 5) is 12.6. The van der Waals surface area contributed by atoms with Crippen LogP contribution in [0.15, 0.2) is 18.5 Å². The maximum atomic E-state index is 5.75. The van der Waals surface area contributed by atoms with Crippen molar-refractivity contribution in [2.75, 3.05) is 18.2 Å². The number of rotatable bonds is 4. The van der Waals surface area contributed by atoms with Gasteiger partial charge < -0.3 is 15.8 Å². The first-order chi connectivity index (χ1) is 10.0. The highest BCUT2D eigenvalue weighted by atomic mass is 16.5. The average Bonchev–Trinajstić information content (AvgIpc) is 2.96. The maximum absolute atomic E-state index is 5.75. The van der Waals surface area contributed by atoms with Gasteiger partial charge >= 0.3 is 0 Å². The van der Waals surface area contributed by atoms with E-state index in [0.29, 0.717) is 11.9 Å². The van der Waals surface area contributed by atoms with Crippen molar-refractivity contribution in [3.05, 3.63) is 18.5 Å². The van der Waals surface area contributed by atoms with Gasteiger partial charge in [0.25, 0.3) is 5.95 Å². The number of nitrogens with zero attached hydrogens (tertiary/aromatic N) is 5. The molecule has 3 N–H and O–H groups in total. The minimum absolute atomic E-state index is 0.0159. The molecule has 112 valence electrons. The number of aromatic nitrogens is 5. The molecule has 2 aromatic heterocycles. The second kappa shape index (κ2) is 4.96. The Bertz CT molecular complexity index is 625. The van der Waals surface area contributed by atoms with Gasteiger partial charge in [-0.3, -0.25) is 0 Å². The van der Waals surface area contributed by atoms with E-state index in [1.165, 1.54) is 0 Å². The van der Waals surface area contributed by atoms with Crippen LogP contribution in [0.2, 0.25) is 0 Å². The van der Waals surface area contributed by atoms with Gasteiger partial charge in [-0.15, -0.1) is 0 Å². The smallest absolute Gasteiger partial charge is 0.257 e. The summed E-state index contributed by atoms with van der Waals surface area (Å²) >= 11 is 0. The van der Waals surface area contributed by atoms with Gasteiger partial charge in [0.1, 0.15) is 0 Å². The Hall–Kier alpha value is -2.22. The zero-order valence-electron chi connectivity index (χ0n) is 12.3. The molecule has 2 aromatic rings. The lowest BCUT2D eigenvalue weighted by atomic mass is 9.64. The summed E-state index contributed by atoms with van der Waals surface area (Å²) in [6, 6.07) is 2.03. The number of hydrogen-bond donors (Lipinski definition) is 2. The van der Waals surface area contributed by atoms with Gasteiger partial charge in [-0.25, -0.2) is 4.68 Å². The molecule has 0 radical (unpaired) electrons. The molecular weight excluding hydrogens is 270 g/mol. The molecule has 0 aromatic carbocycles. The zero-order chi connectivity index (χ0) is 15.0. The minimum atomic E-state index is 0.0159. The first-order valence-electron chi connectivity index (χ1n) is 6.81. The Kier molecular flexibility index (Phi) is 3.25. The number of anilines is 2. The number of nitrogens with one attached hydrogen (secondary N) is 1. The molecule has 0 spiro atoms.